The van der Waals surface area contributed by atoms with Gasteiger partial charge in [0.2, 0.25) is 16.0 Å². The van der Waals surface area contributed by atoms with Gasteiger partial charge in [-0.05, 0) is 47.0 Å². The number of carbonyl (C=O) groups is 1. The highest BCUT2D eigenvalue weighted by molar-refractivity contribution is 9.10. The van der Waals surface area contributed by atoms with Crippen molar-refractivity contribution in [2.45, 2.75) is 17.7 Å². The molecule has 122 valence electrons. The van der Waals surface area contributed by atoms with Crippen molar-refractivity contribution >= 4 is 37.8 Å². The zero-order chi connectivity index (χ0) is 16.4. The van der Waals surface area contributed by atoms with Crippen LogP contribution in [0.15, 0.2) is 33.9 Å². The van der Waals surface area contributed by atoms with Gasteiger partial charge in [0.15, 0.2) is 0 Å². The van der Waals surface area contributed by atoms with Crippen LogP contribution < -0.4 is 5.32 Å². The zero-order valence-electron chi connectivity index (χ0n) is 12.0. The first kappa shape index (κ1) is 16.1. The summed E-state index contributed by atoms with van der Waals surface area (Å²) in [4.78, 5) is 16.2. The summed E-state index contributed by atoms with van der Waals surface area (Å²) in [5.41, 5.74) is 0.210. The number of anilines is 1. The first-order valence-electron chi connectivity index (χ1n) is 6.95. The second-order valence-corrected chi connectivity index (χ2v) is 7.83. The van der Waals surface area contributed by atoms with Crippen molar-refractivity contribution in [2.75, 3.05) is 18.4 Å². The molecule has 1 aromatic heterocycles. The first-order chi connectivity index (χ1) is 11.0. The Morgan fingerprint density at radius 3 is 2.70 bits per heavy atom. The third kappa shape index (κ3) is 3.28. The Morgan fingerprint density at radius 2 is 2.04 bits per heavy atom. The minimum atomic E-state index is -3.58. The number of amides is 1. The Morgan fingerprint density at radius 1 is 1.30 bits per heavy atom. The number of aromatic amines is 1. The van der Waals surface area contributed by atoms with Gasteiger partial charge in [-0.25, -0.2) is 13.5 Å². The van der Waals surface area contributed by atoms with Crippen LogP contribution in [0.4, 0.5) is 5.95 Å². The minimum absolute atomic E-state index is 0.102. The summed E-state index contributed by atoms with van der Waals surface area (Å²) in [6, 6.07) is 4.41. The number of benzene rings is 1. The maximum atomic E-state index is 12.6. The lowest BCUT2D eigenvalue weighted by Crippen LogP contribution is -2.28. The number of nitrogens with zero attached hydrogens (tertiary/aromatic N) is 3. The molecule has 0 atom stereocenters. The number of carbonyl (C=O) groups excluding carboxylic acids is 1. The fourth-order valence-corrected chi connectivity index (χ4v) is 4.33. The van der Waals surface area contributed by atoms with Crippen molar-refractivity contribution in [2.24, 2.45) is 0 Å². The number of rotatable bonds is 4. The molecule has 0 saturated carbocycles. The highest BCUT2D eigenvalue weighted by Gasteiger charge is 2.28. The Hall–Kier alpha value is -1.78. The Kier molecular flexibility index (Phi) is 4.46. The highest BCUT2D eigenvalue weighted by Crippen LogP contribution is 2.26. The van der Waals surface area contributed by atoms with E-state index in [0.717, 1.165) is 12.8 Å². The molecule has 0 radical (unpaired) electrons. The topological polar surface area (TPSA) is 108 Å². The number of halogens is 1. The summed E-state index contributed by atoms with van der Waals surface area (Å²) in [6.45, 7) is 1.02. The van der Waals surface area contributed by atoms with Crippen LogP contribution in [0, 0.1) is 0 Å². The van der Waals surface area contributed by atoms with Gasteiger partial charge in [-0.15, -0.1) is 0 Å². The predicted molar refractivity (Wildman–Crippen MR) is 86.5 cm³/mol. The average Bonchev–Trinajstić information content (AvgIpc) is 3.20. The maximum absolute atomic E-state index is 12.6. The fraction of sp³-hybridized carbons (Fsp3) is 0.308. The largest absolute Gasteiger partial charge is 0.291 e. The minimum Gasteiger partial charge on any atom is -0.291 e. The van der Waals surface area contributed by atoms with Gasteiger partial charge < -0.3 is 0 Å². The van der Waals surface area contributed by atoms with E-state index in [-0.39, 0.29) is 16.4 Å². The number of aromatic nitrogens is 3. The first-order valence-corrected chi connectivity index (χ1v) is 9.18. The average molecular weight is 400 g/mol. The van der Waals surface area contributed by atoms with Gasteiger partial charge >= 0.3 is 0 Å². The lowest BCUT2D eigenvalue weighted by atomic mass is 10.2. The molecule has 3 rings (SSSR count). The second kappa shape index (κ2) is 6.38. The molecular weight excluding hydrogens is 386 g/mol. The van der Waals surface area contributed by atoms with E-state index in [9.17, 15) is 13.2 Å². The quantitative estimate of drug-likeness (QED) is 0.811. The van der Waals surface area contributed by atoms with Crippen LogP contribution in [0.3, 0.4) is 0 Å². The molecule has 8 nitrogen and oxygen atoms in total. The Balaban J connectivity index is 1.91. The van der Waals surface area contributed by atoms with E-state index in [1.807, 2.05) is 0 Å². The summed E-state index contributed by atoms with van der Waals surface area (Å²) in [6.07, 6.45) is 2.97. The van der Waals surface area contributed by atoms with Crippen LogP contribution >= 0.6 is 15.9 Å². The second-order valence-electron chi connectivity index (χ2n) is 5.04. The lowest BCUT2D eigenvalue weighted by molar-refractivity contribution is 0.102. The molecule has 1 aromatic carbocycles. The molecule has 10 heteroatoms. The molecule has 2 N–H and O–H groups in total. The van der Waals surface area contributed by atoms with E-state index in [0.29, 0.717) is 17.6 Å². The van der Waals surface area contributed by atoms with Gasteiger partial charge in [-0.1, -0.05) is 0 Å². The number of nitrogens with one attached hydrogen (secondary N) is 2. The van der Waals surface area contributed by atoms with Crippen molar-refractivity contribution < 1.29 is 13.2 Å². The summed E-state index contributed by atoms with van der Waals surface area (Å²) >= 11 is 3.27. The molecule has 1 fully saturated rings. The van der Waals surface area contributed by atoms with E-state index in [1.54, 1.807) is 6.07 Å². The third-order valence-electron chi connectivity index (χ3n) is 3.53. The number of H-pyrrole nitrogens is 1. The van der Waals surface area contributed by atoms with Crippen molar-refractivity contribution in [3.63, 3.8) is 0 Å². The highest BCUT2D eigenvalue weighted by atomic mass is 79.9. The molecule has 0 spiro atoms. The van der Waals surface area contributed by atoms with Crippen LogP contribution in [-0.2, 0) is 10.0 Å². The van der Waals surface area contributed by atoms with Crippen molar-refractivity contribution in [3.05, 3.63) is 34.6 Å². The molecule has 1 amide bonds. The number of hydrogen-bond donors (Lipinski definition) is 2. The summed E-state index contributed by atoms with van der Waals surface area (Å²) in [7, 11) is -3.58. The maximum Gasteiger partial charge on any atom is 0.259 e. The van der Waals surface area contributed by atoms with E-state index >= 15 is 0 Å². The van der Waals surface area contributed by atoms with Gasteiger partial charge in [-0.3, -0.25) is 10.1 Å². The normalized spacial score (nSPS) is 15.7. The van der Waals surface area contributed by atoms with Gasteiger partial charge in [0.25, 0.3) is 5.91 Å². The fourth-order valence-electron chi connectivity index (χ4n) is 2.36. The van der Waals surface area contributed by atoms with Crippen molar-refractivity contribution in [1.29, 1.82) is 0 Å². The predicted octanol–water partition coefficient (Wildman–Crippen LogP) is 1.60. The molecule has 0 unspecified atom stereocenters. The molecule has 0 aliphatic carbocycles. The SMILES string of the molecule is O=C(Nc1ncn[nH]1)c1cc(S(=O)(=O)N2CCCC2)ccc1Br. The smallest absolute Gasteiger partial charge is 0.259 e. The third-order valence-corrected chi connectivity index (χ3v) is 6.12. The van der Waals surface area contributed by atoms with Crippen molar-refractivity contribution in [1.82, 2.24) is 19.5 Å². The van der Waals surface area contributed by atoms with Gasteiger partial charge in [0.1, 0.15) is 6.33 Å². The standard InChI is InChI=1S/C13H14BrN5O3S/c14-11-4-3-9(23(21,22)19-5-1-2-6-19)7-10(11)12(20)17-13-15-8-16-18-13/h3-4,7-8H,1-2,5-6H2,(H2,15,16,17,18,20). The van der Waals surface area contributed by atoms with E-state index in [1.165, 1.54) is 22.8 Å². The van der Waals surface area contributed by atoms with E-state index < -0.39 is 15.9 Å². The van der Waals surface area contributed by atoms with Crippen LogP contribution in [0.25, 0.3) is 0 Å². The van der Waals surface area contributed by atoms with Crippen LogP contribution in [0.1, 0.15) is 23.2 Å². The summed E-state index contributed by atoms with van der Waals surface area (Å²) in [5, 5.41) is 8.67. The van der Waals surface area contributed by atoms with E-state index in [2.05, 4.69) is 36.4 Å². The monoisotopic (exact) mass is 399 g/mol. The summed E-state index contributed by atoms with van der Waals surface area (Å²) < 4.78 is 27.1. The molecular formula is C13H14BrN5O3S. The summed E-state index contributed by atoms with van der Waals surface area (Å²) in [5.74, 6) is -0.290. The molecule has 23 heavy (non-hydrogen) atoms. The Labute approximate surface area is 141 Å². The molecule has 2 aromatic rings. The Bertz CT molecular complexity index is 816. The molecule has 1 saturated heterocycles. The van der Waals surface area contributed by atoms with Crippen molar-refractivity contribution in [3.8, 4) is 0 Å². The zero-order valence-corrected chi connectivity index (χ0v) is 14.4. The van der Waals surface area contributed by atoms with Crippen LogP contribution in [0.2, 0.25) is 0 Å². The van der Waals surface area contributed by atoms with Crippen LogP contribution in [0.5, 0.6) is 0 Å². The van der Waals surface area contributed by atoms with Gasteiger partial charge in [0, 0.05) is 17.6 Å². The van der Waals surface area contributed by atoms with Gasteiger partial charge in [-0.2, -0.15) is 14.4 Å². The number of sulfonamides is 1. The van der Waals surface area contributed by atoms with E-state index in [4.69, 9.17) is 0 Å². The van der Waals surface area contributed by atoms with Gasteiger partial charge in [0.05, 0.1) is 10.5 Å². The molecule has 2 heterocycles. The molecule has 0 bridgehead atoms. The van der Waals surface area contributed by atoms with Crippen LogP contribution in [-0.4, -0.2) is 46.9 Å². The molecule has 1 aliphatic heterocycles. The lowest BCUT2D eigenvalue weighted by Gasteiger charge is -2.16. The number of hydrogen-bond acceptors (Lipinski definition) is 5. The molecule has 1 aliphatic rings.